The largest absolute Gasteiger partial charge is 0.394 e. The van der Waals surface area contributed by atoms with Crippen molar-refractivity contribution in [2.75, 3.05) is 18.1 Å². The zero-order valence-electron chi connectivity index (χ0n) is 11.2. The Morgan fingerprint density at radius 2 is 2.21 bits per heavy atom. The number of nitro benzene ring substituents is 1. The van der Waals surface area contributed by atoms with Crippen LogP contribution in [0.4, 0.5) is 11.4 Å². The fraction of sp³-hybridized carbons (Fsp3) is 0.571. The van der Waals surface area contributed by atoms with Crippen molar-refractivity contribution >= 4 is 11.4 Å². The number of aliphatic hydroxyl groups excluding tert-OH is 1. The predicted molar refractivity (Wildman–Crippen MR) is 74.5 cm³/mol. The molecule has 1 aliphatic heterocycles. The lowest BCUT2D eigenvalue weighted by Crippen LogP contribution is -2.38. The zero-order chi connectivity index (χ0) is 13.8. The van der Waals surface area contributed by atoms with Crippen molar-refractivity contribution in [2.24, 2.45) is 0 Å². The van der Waals surface area contributed by atoms with Crippen LogP contribution in [-0.4, -0.2) is 29.2 Å². The summed E-state index contributed by atoms with van der Waals surface area (Å²) < 4.78 is 0. The molecule has 5 heteroatoms. The minimum atomic E-state index is -0.366. The third kappa shape index (κ3) is 3.04. The maximum atomic E-state index is 10.9. The van der Waals surface area contributed by atoms with Gasteiger partial charge >= 0.3 is 0 Å². The van der Waals surface area contributed by atoms with Gasteiger partial charge in [0.2, 0.25) is 0 Å². The summed E-state index contributed by atoms with van der Waals surface area (Å²) in [6, 6.07) is 5.02. The summed E-state index contributed by atoms with van der Waals surface area (Å²) in [5.74, 6) is 0. The van der Waals surface area contributed by atoms with Gasteiger partial charge in [0.15, 0.2) is 0 Å². The monoisotopic (exact) mass is 264 g/mol. The highest BCUT2D eigenvalue weighted by Gasteiger charge is 2.23. The molecule has 0 amide bonds. The average Bonchev–Trinajstić information content (AvgIpc) is 2.64. The van der Waals surface area contributed by atoms with Crippen molar-refractivity contribution in [2.45, 2.75) is 38.6 Å². The molecule has 1 aromatic carbocycles. The van der Waals surface area contributed by atoms with Gasteiger partial charge in [-0.05, 0) is 25.3 Å². The summed E-state index contributed by atoms with van der Waals surface area (Å²) in [6.45, 7) is 2.91. The van der Waals surface area contributed by atoms with E-state index in [1.165, 1.54) is 6.07 Å². The van der Waals surface area contributed by atoms with Gasteiger partial charge in [-0.1, -0.05) is 18.9 Å². The van der Waals surface area contributed by atoms with Gasteiger partial charge in [-0.3, -0.25) is 10.1 Å². The van der Waals surface area contributed by atoms with Crippen LogP contribution in [-0.2, 0) is 0 Å². The number of benzene rings is 1. The van der Waals surface area contributed by atoms with Crippen molar-refractivity contribution in [3.8, 4) is 0 Å². The molecule has 1 atom stereocenters. The normalized spacial score (nSPS) is 20.1. The van der Waals surface area contributed by atoms with Crippen LogP contribution < -0.4 is 4.90 Å². The van der Waals surface area contributed by atoms with Crippen LogP contribution in [0.3, 0.4) is 0 Å². The molecule has 0 radical (unpaired) electrons. The van der Waals surface area contributed by atoms with Crippen molar-refractivity contribution < 1.29 is 10.0 Å². The summed E-state index contributed by atoms with van der Waals surface area (Å²) in [5.41, 5.74) is 2.02. The van der Waals surface area contributed by atoms with Crippen LogP contribution in [0.5, 0.6) is 0 Å². The third-order valence-electron chi connectivity index (χ3n) is 3.80. The molecule has 19 heavy (non-hydrogen) atoms. The lowest BCUT2D eigenvalue weighted by Gasteiger charge is -2.31. The molecule has 1 fully saturated rings. The zero-order valence-corrected chi connectivity index (χ0v) is 11.2. The van der Waals surface area contributed by atoms with Crippen molar-refractivity contribution in [3.63, 3.8) is 0 Å². The Kier molecular flexibility index (Phi) is 4.37. The fourth-order valence-electron chi connectivity index (χ4n) is 2.71. The van der Waals surface area contributed by atoms with Gasteiger partial charge in [0.1, 0.15) is 0 Å². The molecule has 104 valence electrons. The van der Waals surface area contributed by atoms with Crippen LogP contribution in [0.15, 0.2) is 18.2 Å². The van der Waals surface area contributed by atoms with Crippen LogP contribution in [0, 0.1) is 17.0 Å². The lowest BCUT2D eigenvalue weighted by molar-refractivity contribution is -0.384. The number of nitro groups is 1. The maximum Gasteiger partial charge on any atom is 0.271 e. The van der Waals surface area contributed by atoms with E-state index in [0.29, 0.717) is 0 Å². The van der Waals surface area contributed by atoms with E-state index >= 15 is 0 Å². The summed E-state index contributed by atoms with van der Waals surface area (Å²) >= 11 is 0. The first-order valence-electron chi connectivity index (χ1n) is 6.76. The summed E-state index contributed by atoms with van der Waals surface area (Å²) in [6.07, 6.45) is 4.27. The maximum absolute atomic E-state index is 10.9. The number of aliphatic hydroxyl groups is 1. The van der Waals surface area contributed by atoms with Crippen molar-refractivity contribution in [1.29, 1.82) is 0 Å². The molecular weight excluding hydrogens is 244 g/mol. The smallest absolute Gasteiger partial charge is 0.271 e. The first kappa shape index (κ1) is 13.8. The first-order valence-corrected chi connectivity index (χ1v) is 6.76. The van der Waals surface area contributed by atoms with E-state index in [-0.39, 0.29) is 23.3 Å². The molecule has 5 nitrogen and oxygen atoms in total. The summed E-state index contributed by atoms with van der Waals surface area (Å²) in [5, 5.41) is 20.4. The molecule has 1 aromatic rings. The highest BCUT2D eigenvalue weighted by Crippen LogP contribution is 2.30. The Hall–Kier alpha value is -1.62. The number of aryl methyl sites for hydroxylation is 1. The van der Waals surface area contributed by atoms with E-state index < -0.39 is 0 Å². The van der Waals surface area contributed by atoms with E-state index in [1.807, 2.05) is 6.92 Å². The second-order valence-corrected chi connectivity index (χ2v) is 5.11. The second kappa shape index (κ2) is 6.02. The molecule has 1 saturated heterocycles. The van der Waals surface area contributed by atoms with Crippen LogP contribution >= 0.6 is 0 Å². The van der Waals surface area contributed by atoms with Gasteiger partial charge in [-0.25, -0.2) is 0 Å². The van der Waals surface area contributed by atoms with Crippen LogP contribution in [0.2, 0.25) is 0 Å². The quantitative estimate of drug-likeness (QED) is 0.673. The molecule has 1 unspecified atom stereocenters. The van der Waals surface area contributed by atoms with Gasteiger partial charge < -0.3 is 10.0 Å². The topological polar surface area (TPSA) is 66.6 Å². The van der Waals surface area contributed by atoms with Gasteiger partial charge in [0, 0.05) is 24.4 Å². The average molecular weight is 264 g/mol. The van der Waals surface area contributed by atoms with E-state index in [9.17, 15) is 15.2 Å². The molecule has 0 aromatic heterocycles. The molecule has 1 aliphatic rings. The van der Waals surface area contributed by atoms with Gasteiger partial charge in [-0.2, -0.15) is 0 Å². The molecule has 0 spiro atoms. The SMILES string of the molecule is Cc1ccc([N+](=O)[O-])cc1N1CCCCCC1CO. The first-order chi connectivity index (χ1) is 9.13. The van der Waals surface area contributed by atoms with Crippen LogP contribution in [0.1, 0.15) is 31.2 Å². The number of rotatable bonds is 3. The van der Waals surface area contributed by atoms with E-state index in [1.54, 1.807) is 12.1 Å². The van der Waals surface area contributed by atoms with E-state index in [4.69, 9.17) is 0 Å². The summed E-state index contributed by atoms with van der Waals surface area (Å²) in [4.78, 5) is 12.7. The number of anilines is 1. The van der Waals surface area contributed by atoms with E-state index in [0.717, 1.165) is 43.5 Å². The Labute approximate surface area is 113 Å². The molecule has 0 bridgehead atoms. The Morgan fingerprint density at radius 3 is 2.89 bits per heavy atom. The number of nitrogens with zero attached hydrogens (tertiary/aromatic N) is 2. The Bertz CT molecular complexity index is 462. The van der Waals surface area contributed by atoms with Crippen molar-refractivity contribution in [3.05, 3.63) is 33.9 Å². The van der Waals surface area contributed by atoms with Gasteiger partial charge in [-0.15, -0.1) is 0 Å². The highest BCUT2D eigenvalue weighted by atomic mass is 16.6. The van der Waals surface area contributed by atoms with Gasteiger partial charge in [0.25, 0.3) is 5.69 Å². The molecule has 0 saturated carbocycles. The highest BCUT2D eigenvalue weighted by molar-refractivity contribution is 5.59. The Morgan fingerprint density at radius 1 is 1.42 bits per heavy atom. The number of non-ortho nitro benzene ring substituents is 1. The fourth-order valence-corrected chi connectivity index (χ4v) is 2.71. The molecule has 1 N–H and O–H groups in total. The Balaban J connectivity index is 2.36. The second-order valence-electron chi connectivity index (χ2n) is 5.11. The van der Waals surface area contributed by atoms with Crippen molar-refractivity contribution in [1.82, 2.24) is 0 Å². The van der Waals surface area contributed by atoms with Gasteiger partial charge in [0.05, 0.1) is 17.6 Å². The standard InChI is InChI=1S/C14H20N2O3/c1-11-6-7-12(16(18)19)9-14(11)15-8-4-2-3-5-13(15)10-17/h6-7,9,13,17H,2-5,8,10H2,1H3. The lowest BCUT2D eigenvalue weighted by atomic mass is 10.1. The number of hydrogen-bond donors (Lipinski definition) is 1. The molecule has 2 rings (SSSR count). The minimum Gasteiger partial charge on any atom is -0.394 e. The molecule has 0 aliphatic carbocycles. The van der Waals surface area contributed by atoms with Crippen LogP contribution in [0.25, 0.3) is 0 Å². The molecule has 1 heterocycles. The van der Waals surface area contributed by atoms with E-state index in [2.05, 4.69) is 4.90 Å². The minimum absolute atomic E-state index is 0.0724. The molecular formula is C14H20N2O3. The summed E-state index contributed by atoms with van der Waals surface area (Å²) in [7, 11) is 0. The number of hydrogen-bond acceptors (Lipinski definition) is 4. The third-order valence-corrected chi connectivity index (χ3v) is 3.80. The predicted octanol–water partition coefficient (Wildman–Crippen LogP) is 2.64.